The average molecular weight is 262 g/mol. The molecule has 0 amide bonds. The third kappa shape index (κ3) is 5.91. The molecule has 1 aromatic rings. The molecule has 0 unspecified atom stereocenters. The second kappa shape index (κ2) is 8.73. The van der Waals surface area contributed by atoms with Crippen molar-refractivity contribution in [3.05, 3.63) is 29.3 Å². The number of benzene rings is 1. The van der Waals surface area contributed by atoms with Gasteiger partial charge < -0.3 is 4.74 Å². The van der Waals surface area contributed by atoms with Crippen molar-refractivity contribution in [1.82, 2.24) is 0 Å². The van der Waals surface area contributed by atoms with Gasteiger partial charge in [-0.2, -0.15) is 0 Å². The number of carbonyl (C=O) groups excluding carboxylic acids is 1. The zero-order chi connectivity index (χ0) is 14.1. The number of ketones is 1. The maximum atomic E-state index is 11.4. The minimum absolute atomic E-state index is 0.0996. The third-order valence-corrected chi connectivity index (χ3v) is 3.35. The molecule has 0 aliphatic carbocycles. The summed E-state index contributed by atoms with van der Waals surface area (Å²) in [6, 6.07) is 5.75. The van der Waals surface area contributed by atoms with E-state index in [4.69, 9.17) is 4.74 Å². The summed E-state index contributed by atoms with van der Waals surface area (Å²) < 4.78 is 5.71. The van der Waals surface area contributed by atoms with E-state index in [0.717, 1.165) is 29.9 Å². The van der Waals surface area contributed by atoms with Gasteiger partial charge in [0.05, 0.1) is 6.61 Å². The smallest absolute Gasteiger partial charge is 0.160 e. The van der Waals surface area contributed by atoms with Crippen LogP contribution in [0, 0.1) is 6.92 Å². The van der Waals surface area contributed by atoms with Gasteiger partial charge in [0.25, 0.3) is 0 Å². The summed E-state index contributed by atoms with van der Waals surface area (Å²) in [5, 5.41) is 0. The van der Waals surface area contributed by atoms with E-state index in [2.05, 4.69) is 6.92 Å². The van der Waals surface area contributed by atoms with Gasteiger partial charge in [0.1, 0.15) is 5.75 Å². The van der Waals surface area contributed by atoms with E-state index in [-0.39, 0.29) is 5.78 Å². The van der Waals surface area contributed by atoms with Gasteiger partial charge in [0.15, 0.2) is 5.78 Å². The minimum atomic E-state index is 0.0996. The molecular weight excluding hydrogens is 236 g/mol. The molecule has 1 aromatic carbocycles. The van der Waals surface area contributed by atoms with Gasteiger partial charge in [0, 0.05) is 5.56 Å². The monoisotopic (exact) mass is 262 g/mol. The van der Waals surface area contributed by atoms with Crippen LogP contribution in [0.1, 0.15) is 68.3 Å². The Kier molecular flexibility index (Phi) is 7.24. The molecule has 19 heavy (non-hydrogen) atoms. The zero-order valence-corrected chi connectivity index (χ0v) is 12.5. The molecule has 0 heterocycles. The Morgan fingerprint density at radius 3 is 2.47 bits per heavy atom. The lowest BCUT2D eigenvalue weighted by Crippen LogP contribution is -2.01. The lowest BCUT2D eigenvalue weighted by molar-refractivity contribution is 0.101. The number of hydrogen-bond acceptors (Lipinski definition) is 2. The van der Waals surface area contributed by atoms with E-state index in [0.29, 0.717) is 0 Å². The molecule has 0 atom stereocenters. The molecule has 0 N–H and O–H groups in total. The van der Waals surface area contributed by atoms with Gasteiger partial charge in [0.2, 0.25) is 0 Å². The van der Waals surface area contributed by atoms with Crippen LogP contribution in [0.5, 0.6) is 5.75 Å². The minimum Gasteiger partial charge on any atom is -0.494 e. The number of Topliss-reactive ketones (excluding diaryl/α,β-unsaturated/α-hetero) is 1. The predicted molar refractivity (Wildman–Crippen MR) is 80.1 cm³/mol. The molecule has 0 spiro atoms. The molecule has 0 fully saturated rings. The van der Waals surface area contributed by atoms with Crippen molar-refractivity contribution < 1.29 is 9.53 Å². The van der Waals surface area contributed by atoms with E-state index in [1.807, 2.05) is 25.1 Å². The van der Waals surface area contributed by atoms with Crippen LogP contribution in [0.2, 0.25) is 0 Å². The topological polar surface area (TPSA) is 26.3 Å². The molecule has 106 valence electrons. The third-order valence-electron chi connectivity index (χ3n) is 3.35. The van der Waals surface area contributed by atoms with Crippen LogP contribution >= 0.6 is 0 Å². The molecule has 1 rings (SSSR count). The molecule has 0 radical (unpaired) electrons. The fourth-order valence-corrected chi connectivity index (χ4v) is 2.14. The van der Waals surface area contributed by atoms with Crippen molar-refractivity contribution in [1.29, 1.82) is 0 Å². The van der Waals surface area contributed by atoms with Gasteiger partial charge in [-0.3, -0.25) is 4.79 Å². The van der Waals surface area contributed by atoms with Gasteiger partial charge >= 0.3 is 0 Å². The Hall–Kier alpha value is -1.31. The van der Waals surface area contributed by atoms with Crippen molar-refractivity contribution in [3.8, 4) is 5.75 Å². The number of unbranched alkanes of at least 4 members (excludes halogenated alkanes) is 5. The van der Waals surface area contributed by atoms with Crippen LogP contribution in [0.15, 0.2) is 18.2 Å². The van der Waals surface area contributed by atoms with Gasteiger partial charge in [-0.15, -0.1) is 0 Å². The average Bonchev–Trinajstić information content (AvgIpc) is 2.39. The normalized spacial score (nSPS) is 10.5. The standard InChI is InChI=1S/C17H26O2/c1-4-5-6-7-8-9-12-19-16-11-10-14(2)17(13-16)15(3)18/h10-11,13H,4-9,12H2,1-3H3. The quantitative estimate of drug-likeness (QED) is 0.465. The summed E-state index contributed by atoms with van der Waals surface area (Å²) in [6.45, 7) is 6.52. The molecule has 0 aliphatic rings. The molecule has 0 aromatic heterocycles. The van der Waals surface area contributed by atoms with Crippen molar-refractivity contribution in [3.63, 3.8) is 0 Å². The zero-order valence-electron chi connectivity index (χ0n) is 12.5. The summed E-state index contributed by atoms with van der Waals surface area (Å²) >= 11 is 0. The van der Waals surface area contributed by atoms with E-state index < -0.39 is 0 Å². The SMILES string of the molecule is CCCCCCCCOc1ccc(C)c(C(C)=O)c1. The molecular formula is C17H26O2. The van der Waals surface area contributed by atoms with Crippen LogP contribution in [0.3, 0.4) is 0 Å². The highest BCUT2D eigenvalue weighted by Gasteiger charge is 2.05. The van der Waals surface area contributed by atoms with Crippen LogP contribution in [-0.4, -0.2) is 12.4 Å². The summed E-state index contributed by atoms with van der Waals surface area (Å²) in [4.78, 5) is 11.4. The van der Waals surface area contributed by atoms with Crippen LogP contribution in [-0.2, 0) is 0 Å². The van der Waals surface area contributed by atoms with E-state index in [9.17, 15) is 4.79 Å². The van der Waals surface area contributed by atoms with Gasteiger partial charge in [-0.1, -0.05) is 45.1 Å². The van der Waals surface area contributed by atoms with E-state index in [1.165, 1.54) is 32.1 Å². The van der Waals surface area contributed by atoms with E-state index in [1.54, 1.807) is 6.92 Å². The highest BCUT2D eigenvalue weighted by molar-refractivity contribution is 5.95. The second-order valence-electron chi connectivity index (χ2n) is 5.15. The highest BCUT2D eigenvalue weighted by atomic mass is 16.5. The fourth-order valence-electron chi connectivity index (χ4n) is 2.14. The summed E-state index contributed by atoms with van der Waals surface area (Å²) in [5.41, 5.74) is 1.78. The molecule has 2 nitrogen and oxygen atoms in total. The first-order valence-corrected chi connectivity index (χ1v) is 7.39. The lowest BCUT2D eigenvalue weighted by Gasteiger charge is -2.09. The Bertz CT molecular complexity index is 396. The first kappa shape index (κ1) is 15.7. The highest BCUT2D eigenvalue weighted by Crippen LogP contribution is 2.18. The summed E-state index contributed by atoms with van der Waals surface area (Å²) in [7, 11) is 0. The molecule has 2 heteroatoms. The number of carbonyl (C=O) groups is 1. The fraction of sp³-hybridized carbons (Fsp3) is 0.588. The van der Waals surface area contributed by atoms with Crippen molar-refractivity contribution >= 4 is 5.78 Å². The Labute approximate surface area is 117 Å². The first-order valence-electron chi connectivity index (χ1n) is 7.39. The largest absolute Gasteiger partial charge is 0.494 e. The molecule has 0 aliphatic heterocycles. The van der Waals surface area contributed by atoms with Crippen molar-refractivity contribution in [2.45, 2.75) is 59.3 Å². The summed E-state index contributed by atoms with van der Waals surface area (Å²) in [6.07, 6.45) is 7.56. The maximum absolute atomic E-state index is 11.4. The number of aryl methyl sites for hydroxylation is 1. The van der Waals surface area contributed by atoms with Crippen molar-refractivity contribution in [2.24, 2.45) is 0 Å². The molecule has 0 saturated heterocycles. The lowest BCUT2D eigenvalue weighted by atomic mass is 10.1. The number of hydrogen-bond donors (Lipinski definition) is 0. The maximum Gasteiger partial charge on any atom is 0.160 e. The van der Waals surface area contributed by atoms with Crippen LogP contribution < -0.4 is 4.74 Å². The Morgan fingerprint density at radius 1 is 1.11 bits per heavy atom. The first-order chi connectivity index (χ1) is 9.15. The summed E-state index contributed by atoms with van der Waals surface area (Å²) in [5.74, 6) is 0.909. The van der Waals surface area contributed by atoms with Gasteiger partial charge in [-0.25, -0.2) is 0 Å². The Balaban J connectivity index is 2.30. The second-order valence-corrected chi connectivity index (χ2v) is 5.15. The van der Waals surface area contributed by atoms with Crippen LogP contribution in [0.25, 0.3) is 0 Å². The number of rotatable bonds is 9. The Morgan fingerprint density at radius 2 is 1.79 bits per heavy atom. The molecule has 0 saturated carbocycles. The predicted octanol–water partition coefficient (Wildman–Crippen LogP) is 4.94. The van der Waals surface area contributed by atoms with Crippen molar-refractivity contribution in [2.75, 3.05) is 6.61 Å². The van der Waals surface area contributed by atoms with Gasteiger partial charge in [-0.05, 0) is 38.0 Å². The van der Waals surface area contributed by atoms with Crippen LogP contribution in [0.4, 0.5) is 0 Å². The number of ether oxygens (including phenoxy) is 1. The van der Waals surface area contributed by atoms with E-state index >= 15 is 0 Å². The molecule has 0 bridgehead atoms.